The van der Waals surface area contributed by atoms with E-state index >= 15 is 0 Å². The van der Waals surface area contributed by atoms with Gasteiger partial charge in [0.25, 0.3) is 0 Å². The van der Waals surface area contributed by atoms with Crippen LogP contribution in [0.2, 0.25) is 0 Å². The second-order valence-electron chi connectivity index (χ2n) is 4.89. The van der Waals surface area contributed by atoms with Gasteiger partial charge in [-0.25, -0.2) is 0 Å². The van der Waals surface area contributed by atoms with Crippen LogP contribution in [-0.2, 0) is 9.47 Å². The van der Waals surface area contributed by atoms with Gasteiger partial charge in [0, 0.05) is 12.0 Å². The van der Waals surface area contributed by atoms with E-state index in [1.54, 1.807) is 0 Å². The minimum atomic E-state index is 0.317. The van der Waals surface area contributed by atoms with E-state index < -0.39 is 0 Å². The first-order chi connectivity index (χ1) is 6.12. The fourth-order valence-electron chi connectivity index (χ4n) is 1.45. The first-order valence-electron chi connectivity index (χ1n) is 5.28. The van der Waals surface area contributed by atoms with Crippen LogP contribution in [0.25, 0.3) is 0 Å². The molecule has 1 aliphatic heterocycles. The van der Waals surface area contributed by atoms with E-state index in [1.165, 1.54) is 12.8 Å². The summed E-state index contributed by atoms with van der Waals surface area (Å²) < 4.78 is 10.8. The van der Waals surface area contributed by atoms with Crippen LogP contribution in [0.1, 0.15) is 33.6 Å². The SMILES string of the molecule is CC(C)CCCOCC1(C)COC1. The van der Waals surface area contributed by atoms with Gasteiger partial charge in [-0.3, -0.25) is 0 Å². The lowest BCUT2D eigenvalue weighted by Crippen LogP contribution is -2.43. The van der Waals surface area contributed by atoms with Gasteiger partial charge in [-0.2, -0.15) is 0 Å². The summed E-state index contributed by atoms with van der Waals surface area (Å²) in [4.78, 5) is 0. The molecule has 0 aliphatic carbocycles. The Bertz CT molecular complexity index is 139. The van der Waals surface area contributed by atoms with E-state index in [2.05, 4.69) is 20.8 Å². The summed E-state index contributed by atoms with van der Waals surface area (Å²) in [7, 11) is 0. The molecule has 0 spiro atoms. The summed E-state index contributed by atoms with van der Waals surface area (Å²) in [5, 5.41) is 0. The van der Waals surface area contributed by atoms with Gasteiger partial charge in [0.05, 0.1) is 19.8 Å². The van der Waals surface area contributed by atoms with Gasteiger partial charge in [-0.05, 0) is 18.8 Å². The van der Waals surface area contributed by atoms with Gasteiger partial charge in [0.1, 0.15) is 0 Å². The maximum Gasteiger partial charge on any atom is 0.0564 e. The standard InChI is InChI=1S/C11H22O2/c1-10(2)5-4-6-12-7-11(3)8-13-9-11/h10H,4-9H2,1-3H3. The maximum absolute atomic E-state index is 5.61. The van der Waals surface area contributed by atoms with Crippen molar-refractivity contribution in [2.75, 3.05) is 26.4 Å². The minimum absolute atomic E-state index is 0.317. The molecule has 13 heavy (non-hydrogen) atoms. The fraction of sp³-hybridized carbons (Fsp3) is 1.00. The van der Waals surface area contributed by atoms with Crippen LogP contribution in [0.15, 0.2) is 0 Å². The van der Waals surface area contributed by atoms with E-state index in [0.29, 0.717) is 5.41 Å². The van der Waals surface area contributed by atoms with E-state index in [0.717, 1.165) is 32.3 Å². The summed E-state index contributed by atoms with van der Waals surface area (Å²) in [5.41, 5.74) is 0.317. The lowest BCUT2D eigenvalue weighted by Gasteiger charge is -2.37. The summed E-state index contributed by atoms with van der Waals surface area (Å²) >= 11 is 0. The second-order valence-corrected chi connectivity index (χ2v) is 4.89. The molecule has 2 heteroatoms. The largest absolute Gasteiger partial charge is 0.381 e. The Hall–Kier alpha value is -0.0800. The van der Waals surface area contributed by atoms with Gasteiger partial charge in [0.15, 0.2) is 0 Å². The van der Waals surface area contributed by atoms with Gasteiger partial charge in [-0.15, -0.1) is 0 Å². The Labute approximate surface area is 81.6 Å². The van der Waals surface area contributed by atoms with Crippen molar-refractivity contribution in [3.05, 3.63) is 0 Å². The second kappa shape index (κ2) is 4.97. The zero-order chi connectivity index (χ0) is 9.73. The third kappa shape index (κ3) is 4.10. The first-order valence-corrected chi connectivity index (χ1v) is 5.28. The Balaban J connectivity index is 1.89. The van der Waals surface area contributed by atoms with E-state index in [4.69, 9.17) is 9.47 Å². The van der Waals surface area contributed by atoms with Crippen LogP contribution < -0.4 is 0 Å². The number of hydrogen-bond donors (Lipinski definition) is 0. The van der Waals surface area contributed by atoms with Crippen molar-refractivity contribution in [2.24, 2.45) is 11.3 Å². The predicted molar refractivity (Wildman–Crippen MR) is 53.8 cm³/mol. The quantitative estimate of drug-likeness (QED) is 0.593. The molecule has 1 rings (SSSR count). The molecule has 2 nitrogen and oxygen atoms in total. The van der Waals surface area contributed by atoms with Crippen LogP contribution in [-0.4, -0.2) is 26.4 Å². The van der Waals surface area contributed by atoms with Crippen LogP contribution in [0.5, 0.6) is 0 Å². The normalized spacial score (nSPS) is 20.3. The van der Waals surface area contributed by atoms with Gasteiger partial charge >= 0.3 is 0 Å². The Morgan fingerprint density at radius 3 is 2.54 bits per heavy atom. The highest BCUT2D eigenvalue weighted by molar-refractivity contribution is 4.79. The highest BCUT2D eigenvalue weighted by Crippen LogP contribution is 2.26. The molecule has 0 amide bonds. The molecule has 1 heterocycles. The lowest BCUT2D eigenvalue weighted by atomic mass is 9.90. The highest BCUT2D eigenvalue weighted by Gasteiger charge is 2.33. The lowest BCUT2D eigenvalue weighted by molar-refractivity contribution is -0.138. The zero-order valence-electron chi connectivity index (χ0n) is 9.14. The average Bonchev–Trinajstić information content (AvgIpc) is 2.00. The minimum Gasteiger partial charge on any atom is -0.381 e. The molecule has 0 saturated carbocycles. The fourth-order valence-corrected chi connectivity index (χ4v) is 1.45. The molecule has 0 N–H and O–H groups in total. The first kappa shape index (κ1) is 11.0. The predicted octanol–water partition coefficient (Wildman–Crippen LogP) is 2.48. The molecule has 0 aromatic rings. The summed E-state index contributed by atoms with van der Waals surface area (Å²) in [5.74, 6) is 0.797. The summed E-state index contributed by atoms with van der Waals surface area (Å²) in [6, 6.07) is 0. The van der Waals surface area contributed by atoms with Crippen LogP contribution in [0.4, 0.5) is 0 Å². The van der Waals surface area contributed by atoms with Crippen molar-refractivity contribution in [3.63, 3.8) is 0 Å². The van der Waals surface area contributed by atoms with Crippen LogP contribution >= 0.6 is 0 Å². The van der Waals surface area contributed by atoms with Gasteiger partial charge in [-0.1, -0.05) is 20.8 Å². The molecule has 0 radical (unpaired) electrons. The number of hydrogen-bond acceptors (Lipinski definition) is 2. The maximum atomic E-state index is 5.61. The van der Waals surface area contributed by atoms with E-state index in [-0.39, 0.29) is 0 Å². The van der Waals surface area contributed by atoms with Gasteiger partial charge in [0.2, 0.25) is 0 Å². The van der Waals surface area contributed by atoms with Crippen molar-refractivity contribution in [3.8, 4) is 0 Å². The smallest absolute Gasteiger partial charge is 0.0564 e. The van der Waals surface area contributed by atoms with E-state index in [1.807, 2.05) is 0 Å². The summed E-state index contributed by atoms with van der Waals surface area (Å²) in [6.45, 7) is 10.2. The number of ether oxygens (including phenoxy) is 2. The van der Waals surface area contributed by atoms with Crippen LogP contribution in [0, 0.1) is 11.3 Å². The zero-order valence-corrected chi connectivity index (χ0v) is 9.14. The Morgan fingerprint density at radius 1 is 1.38 bits per heavy atom. The molecular weight excluding hydrogens is 164 g/mol. The third-order valence-electron chi connectivity index (χ3n) is 2.42. The topological polar surface area (TPSA) is 18.5 Å². The monoisotopic (exact) mass is 186 g/mol. The van der Waals surface area contributed by atoms with Crippen molar-refractivity contribution in [1.29, 1.82) is 0 Å². The molecule has 0 aromatic heterocycles. The molecule has 1 aliphatic rings. The third-order valence-corrected chi connectivity index (χ3v) is 2.42. The van der Waals surface area contributed by atoms with Crippen molar-refractivity contribution in [1.82, 2.24) is 0 Å². The van der Waals surface area contributed by atoms with Crippen LogP contribution in [0.3, 0.4) is 0 Å². The number of rotatable bonds is 6. The molecule has 0 aromatic carbocycles. The molecule has 1 fully saturated rings. The molecule has 78 valence electrons. The average molecular weight is 186 g/mol. The summed E-state index contributed by atoms with van der Waals surface area (Å²) in [6.07, 6.45) is 2.46. The van der Waals surface area contributed by atoms with Crippen molar-refractivity contribution >= 4 is 0 Å². The highest BCUT2D eigenvalue weighted by atomic mass is 16.5. The Morgan fingerprint density at radius 2 is 2.08 bits per heavy atom. The van der Waals surface area contributed by atoms with Crippen molar-refractivity contribution in [2.45, 2.75) is 33.6 Å². The molecular formula is C11H22O2. The van der Waals surface area contributed by atoms with E-state index in [9.17, 15) is 0 Å². The molecule has 0 bridgehead atoms. The van der Waals surface area contributed by atoms with Crippen molar-refractivity contribution < 1.29 is 9.47 Å². The van der Waals surface area contributed by atoms with Gasteiger partial charge < -0.3 is 9.47 Å². The molecule has 0 atom stereocenters. The molecule has 0 unspecified atom stereocenters. The Kier molecular flexibility index (Phi) is 4.20. The molecule has 1 saturated heterocycles.